The van der Waals surface area contributed by atoms with Crippen LogP contribution >= 0.6 is 23.2 Å². The summed E-state index contributed by atoms with van der Waals surface area (Å²) in [5.41, 5.74) is 4.00. The number of aromatic amines is 1. The Hall–Kier alpha value is -3.81. The Balaban J connectivity index is 1.64. The van der Waals surface area contributed by atoms with Crippen LogP contribution in [0.25, 0.3) is 10.9 Å². The largest absolute Gasteiger partial charge is 0.361 e. The maximum Gasteiger partial charge on any atom is 0.226 e. The van der Waals surface area contributed by atoms with Gasteiger partial charge in [0.05, 0.1) is 15.7 Å². The normalized spacial score (nSPS) is 15.4. The van der Waals surface area contributed by atoms with Crippen molar-refractivity contribution in [3.05, 3.63) is 88.5 Å². The topological polar surface area (TPSA) is 80.8 Å². The van der Waals surface area contributed by atoms with Gasteiger partial charge in [0.15, 0.2) is 17.8 Å². The van der Waals surface area contributed by atoms with E-state index in [9.17, 15) is 9.59 Å². The number of rotatable bonds is 6. The lowest BCUT2D eigenvalue weighted by Gasteiger charge is -2.32. The van der Waals surface area contributed by atoms with E-state index in [1.54, 1.807) is 17.1 Å². The fraction of sp³-hybridized carbons (Fsp3) is 0.179. The summed E-state index contributed by atoms with van der Waals surface area (Å²) in [6.45, 7) is 5.17. The lowest BCUT2D eigenvalue weighted by molar-refractivity contribution is -0.119. The number of hydrogen-bond donors (Lipinski definition) is 2. The van der Waals surface area contributed by atoms with Crippen molar-refractivity contribution < 1.29 is 9.59 Å². The van der Waals surface area contributed by atoms with E-state index in [4.69, 9.17) is 28.3 Å². The average molecular weight is 534 g/mol. The molecule has 188 valence electrons. The molecule has 0 fully saturated rings. The number of anilines is 3. The fourth-order valence-corrected chi connectivity index (χ4v) is 4.62. The van der Waals surface area contributed by atoms with E-state index in [1.807, 2.05) is 79.5 Å². The van der Waals surface area contributed by atoms with E-state index >= 15 is 0 Å². The molecule has 0 radical (unpaired) electrons. The van der Waals surface area contributed by atoms with E-state index in [0.29, 0.717) is 21.4 Å². The van der Waals surface area contributed by atoms with Gasteiger partial charge in [-0.15, -0.1) is 5.10 Å². The Kier molecular flexibility index (Phi) is 6.67. The molecule has 9 heteroatoms. The van der Waals surface area contributed by atoms with E-state index in [-0.39, 0.29) is 23.4 Å². The van der Waals surface area contributed by atoms with Crippen molar-refractivity contribution >= 4 is 68.7 Å². The predicted molar refractivity (Wildman–Crippen MR) is 150 cm³/mol. The first-order valence-corrected chi connectivity index (χ1v) is 12.6. The summed E-state index contributed by atoms with van der Waals surface area (Å²) in [7, 11) is 0. The molecular weight excluding hydrogens is 509 g/mol. The molecule has 1 amide bonds. The van der Waals surface area contributed by atoms with Gasteiger partial charge in [-0.1, -0.05) is 55.2 Å². The molecule has 1 unspecified atom stereocenters. The molecule has 0 saturated heterocycles. The average Bonchev–Trinajstić information content (AvgIpc) is 3.48. The molecule has 1 aromatic heterocycles. The molecule has 0 spiro atoms. The highest BCUT2D eigenvalue weighted by Gasteiger charge is 2.40. The van der Waals surface area contributed by atoms with Crippen molar-refractivity contribution in [3.8, 4) is 0 Å². The van der Waals surface area contributed by atoms with Gasteiger partial charge in [0.25, 0.3) is 0 Å². The highest BCUT2D eigenvalue weighted by Crippen LogP contribution is 2.42. The van der Waals surface area contributed by atoms with Crippen molar-refractivity contribution in [2.45, 2.75) is 26.9 Å². The van der Waals surface area contributed by atoms with E-state index in [1.165, 1.54) is 6.92 Å². The summed E-state index contributed by atoms with van der Waals surface area (Å²) >= 11 is 12.6. The molecule has 0 bridgehead atoms. The summed E-state index contributed by atoms with van der Waals surface area (Å²) in [5.74, 6) is -0.118. The second-order valence-corrected chi connectivity index (χ2v) is 9.96. The molecule has 3 aromatic carbocycles. The number of H-pyrrole nitrogens is 1. The first kappa shape index (κ1) is 24.9. The zero-order chi connectivity index (χ0) is 26.3. The molecule has 1 atom stereocenters. The number of Topliss-reactive ketones (excluding diaryl/α,β-unsaturated/α-hetero) is 1. The third-order valence-electron chi connectivity index (χ3n) is 6.23. The van der Waals surface area contributed by atoms with Gasteiger partial charge in [-0.3, -0.25) is 14.5 Å². The lowest BCUT2D eigenvalue weighted by atomic mass is 10.1. The summed E-state index contributed by atoms with van der Waals surface area (Å²) in [5, 5.41) is 11.3. The van der Waals surface area contributed by atoms with Crippen LogP contribution in [-0.4, -0.2) is 22.5 Å². The maximum absolute atomic E-state index is 12.9. The van der Waals surface area contributed by atoms with Crippen molar-refractivity contribution in [1.82, 2.24) is 4.98 Å². The van der Waals surface area contributed by atoms with Crippen molar-refractivity contribution in [1.29, 1.82) is 0 Å². The number of nitrogens with zero attached hydrogens (tertiary/aromatic N) is 3. The highest BCUT2D eigenvalue weighted by molar-refractivity contribution is 6.44. The molecule has 1 aliphatic rings. The van der Waals surface area contributed by atoms with E-state index < -0.39 is 6.17 Å². The van der Waals surface area contributed by atoms with Crippen LogP contribution in [0.15, 0.2) is 78.0 Å². The number of para-hydroxylation sites is 1. The van der Waals surface area contributed by atoms with Crippen LogP contribution in [0.3, 0.4) is 0 Å². The smallest absolute Gasteiger partial charge is 0.226 e. The number of carbonyl (C=O) groups excluding carboxylic acids is 2. The minimum atomic E-state index is -0.497. The maximum atomic E-state index is 12.9. The number of amides is 1. The Morgan fingerprint density at radius 3 is 2.35 bits per heavy atom. The highest BCUT2D eigenvalue weighted by atomic mass is 35.5. The number of amidine groups is 1. The molecule has 0 saturated carbocycles. The van der Waals surface area contributed by atoms with Gasteiger partial charge in [-0.05, 0) is 48.5 Å². The van der Waals surface area contributed by atoms with Crippen LogP contribution in [0.1, 0.15) is 32.5 Å². The van der Waals surface area contributed by atoms with Crippen molar-refractivity contribution in [2.24, 2.45) is 11.0 Å². The number of carbonyl (C=O) groups is 2. The number of nitrogens with one attached hydrogen (secondary N) is 2. The molecule has 5 rings (SSSR count). The van der Waals surface area contributed by atoms with Crippen LogP contribution in [0.2, 0.25) is 10.0 Å². The summed E-state index contributed by atoms with van der Waals surface area (Å²) in [6, 6.07) is 20.6. The molecule has 37 heavy (non-hydrogen) atoms. The van der Waals surface area contributed by atoms with Crippen LogP contribution in [0.4, 0.5) is 17.1 Å². The lowest BCUT2D eigenvalue weighted by Crippen LogP contribution is -2.37. The first-order valence-electron chi connectivity index (χ1n) is 11.8. The van der Waals surface area contributed by atoms with Gasteiger partial charge in [0.1, 0.15) is 0 Å². The number of fused-ring (bicyclic) bond motifs is 1. The van der Waals surface area contributed by atoms with Crippen molar-refractivity contribution in [2.75, 3.05) is 15.2 Å². The minimum absolute atomic E-state index is 0.0672. The number of ketones is 1. The van der Waals surface area contributed by atoms with Gasteiger partial charge in [-0.2, -0.15) is 0 Å². The number of halogens is 2. The van der Waals surface area contributed by atoms with Gasteiger partial charge in [0, 0.05) is 46.9 Å². The quantitative estimate of drug-likeness (QED) is 0.279. The Morgan fingerprint density at radius 1 is 0.973 bits per heavy atom. The summed E-state index contributed by atoms with van der Waals surface area (Å²) in [6.07, 6.45) is 1.44. The third-order valence-corrected chi connectivity index (χ3v) is 6.97. The predicted octanol–water partition coefficient (Wildman–Crippen LogP) is 7.00. The van der Waals surface area contributed by atoms with Gasteiger partial charge >= 0.3 is 0 Å². The Labute approximate surface area is 224 Å². The zero-order valence-corrected chi connectivity index (χ0v) is 22.0. The van der Waals surface area contributed by atoms with Gasteiger partial charge in [-0.25, -0.2) is 5.01 Å². The monoisotopic (exact) mass is 533 g/mol. The summed E-state index contributed by atoms with van der Waals surface area (Å²) in [4.78, 5) is 30.3. The van der Waals surface area contributed by atoms with Crippen LogP contribution < -0.4 is 15.2 Å². The number of benzene rings is 3. The van der Waals surface area contributed by atoms with Crippen LogP contribution in [-0.2, 0) is 9.59 Å². The molecule has 4 aromatic rings. The fourth-order valence-electron chi connectivity index (χ4n) is 4.33. The van der Waals surface area contributed by atoms with E-state index in [2.05, 4.69) is 10.3 Å². The summed E-state index contributed by atoms with van der Waals surface area (Å²) < 4.78 is 0. The molecule has 2 heterocycles. The van der Waals surface area contributed by atoms with Crippen LogP contribution in [0, 0.1) is 5.92 Å². The van der Waals surface area contributed by atoms with Crippen LogP contribution in [0.5, 0.6) is 0 Å². The standard InChI is InChI=1S/C28H25Cl2N5O2/c1-16(2)27(37)32-18-8-10-19(11-9-18)34-26(17(3)36)33-35(20-12-13-23(29)24(30)14-20)28(34)22-15-31-25-7-5-4-6-21(22)25/h4-16,28,31H,1-3H3,(H,32,37). The van der Waals surface area contributed by atoms with Gasteiger partial charge < -0.3 is 10.3 Å². The van der Waals surface area contributed by atoms with Crippen molar-refractivity contribution in [3.63, 3.8) is 0 Å². The number of aromatic nitrogens is 1. The SMILES string of the molecule is CC(=O)C1=NN(c2ccc(Cl)c(Cl)c2)C(c2c[nH]c3ccccc23)N1c1ccc(NC(=O)C(C)C)cc1. The second kappa shape index (κ2) is 9.92. The molecule has 2 N–H and O–H groups in total. The number of hydrogen-bond acceptors (Lipinski definition) is 5. The Bertz CT molecular complexity index is 1530. The third kappa shape index (κ3) is 4.68. The van der Waals surface area contributed by atoms with Gasteiger partial charge in [0.2, 0.25) is 5.91 Å². The molecule has 0 aliphatic carbocycles. The zero-order valence-electron chi connectivity index (χ0n) is 20.5. The number of hydrazone groups is 1. The minimum Gasteiger partial charge on any atom is -0.361 e. The molecule has 7 nitrogen and oxygen atoms in total. The Morgan fingerprint density at radius 2 is 1.68 bits per heavy atom. The van der Waals surface area contributed by atoms with E-state index in [0.717, 1.165) is 22.2 Å². The second-order valence-electron chi connectivity index (χ2n) is 9.15. The molecular formula is C28H25Cl2N5O2. The molecule has 1 aliphatic heterocycles. The first-order chi connectivity index (χ1) is 17.7.